The van der Waals surface area contributed by atoms with E-state index >= 15 is 0 Å². The van der Waals surface area contributed by atoms with Gasteiger partial charge in [-0.2, -0.15) is 0 Å². The maximum Gasteiger partial charge on any atom is 0.339 e. The largest absolute Gasteiger partial charge is 0.496 e. The van der Waals surface area contributed by atoms with E-state index in [0.29, 0.717) is 5.75 Å². The maximum absolute atomic E-state index is 11.1. The van der Waals surface area contributed by atoms with Crippen molar-refractivity contribution in [2.24, 2.45) is 0 Å². The highest BCUT2D eigenvalue weighted by Gasteiger charge is 2.28. The molecule has 5 heteroatoms. The van der Waals surface area contributed by atoms with Gasteiger partial charge < -0.3 is 14.7 Å². The summed E-state index contributed by atoms with van der Waals surface area (Å²) in [6.45, 7) is 4.17. The van der Waals surface area contributed by atoms with Gasteiger partial charge in [0, 0.05) is 44.0 Å². The number of piperazine rings is 1. The van der Waals surface area contributed by atoms with Gasteiger partial charge in [0.05, 0.1) is 7.11 Å². The van der Waals surface area contributed by atoms with Crippen LogP contribution in [0, 0.1) is 0 Å². The number of methoxy groups -OCH3 is 1. The van der Waals surface area contributed by atoms with Crippen molar-refractivity contribution in [3.05, 3.63) is 23.8 Å². The lowest BCUT2D eigenvalue weighted by molar-refractivity contribution is 0.0693. The summed E-state index contributed by atoms with van der Waals surface area (Å²) in [5, 5.41) is 9.13. The smallest absolute Gasteiger partial charge is 0.339 e. The van der Waals surface area contributed by atoms with Crippen molar-refractivity contribution in [2.45, 2.75) is 25.3 Å². The summed E-state index contributed by atoms with van der Waals surface area (Å²) in [7, 11) is 1.51. The molecule has 2 fully saturated rings. The third-order valence-corrected chi connectivity index (χ3v) is 4.69. The zero-order chi connectivity index (χ0) is 14.8. The molecule has 1 saturated carbocycles. The summed E-state index contributed by atoms with van der Waals surface area (Å²) >= 11 is 0. The minimum Gasteiger partial charge on any atom is -0.496 e. The van der Waals surface area contributed by atoms with Gasteiger partial charge in [-0.15, -0.1) is 0 Å². The summed E-state index contributed by atoms with van der Waals surface area (Å²) < 4.78 is 5.21. The summed E-state index contributed by atoms with van der Waals surface area (Å²) in [5.74, 6) is -0.519. The van der Waals surface area contributed by atoms with Crippen LogP contribution >= 0.6 is 0 Å². The first-order valence-electron chi connectivity index (χ1n) is 7.59. The first-order chi connectivity index (χ1) is 10.2. The molecule has 5 nitrogen and oxygen atoms in total. The number of carboxylic acids is 1. The normalized spacial score (nSPS) is 20.1. The highest BCUT2D eigenvalue weighted by Crippen LogP contribution is 2.29. The van der Waals surface area contributed by atoms with Crippen LogP contribution in [0.5, 0.6) is 5.75 Å². The van der Waals surface area contributed by atoms with Crippen LogP contribution in [0.25, 0.3) is 0 Å². The third-order valence-electron chi connectivity index (χ3n) is 4.69. The Morgan fingerprint density at radius 2 is 1.95 bits per heavy atom. The molecule has 1 aliphatic heterocycles. The highest BCUT2D eigenvalue weighted by atomic mass is 16.5. The molecule has 1 saturated heterocycles. The molecule has 1 aliphatic carbocycles. The fourth-order valence-corrected chi connectivity index (χ4v) is 3.15. The molecule has 3 rings (SSSR count). The van der Waals surface area contributed by atoms with Crippen LogP contribution in [0.2, 0.25) is 0 Å². The molecule has 0 amide bonds. The fraction of sp³-hybridized carbons (Fsp3) is 0.562. The fourth-order valence-electron chi connectivity index (χ4n) is 3.15. The van der Waals surface area contributed by atoms with Crippen molar-refractivity contribution in [1.82, 2.24) is 4.90 Å². The first kappa shape index (κ1) is 14.2. The summed E-state index contributed by atoms with van der Waals surface area (Å²) in [6, 6.07) is 6.15. The Bertz CT molecular complexity index is 520. The van der Waals surface area contributed by atoms with Crippen LogP contribution in [-0.4, -0.2) is 55.3 Å². The number of ether oxygens (including phenoxy) is 1. The van der Waals surface area contributed by atoms with Crippen LogP contribution in [0.3, 0.4) is 0 Å². The van der Waals surface area contributed by atoms with E-state index in [4.69, 9.17) is 9.84 Å². The Morgan fingerprint density at radius 1 is 1.24 bits per heavy atom. The van der Waals surface area contributed by atoms with Gasteiger partial charge in [-0.25, -0.2) is 4.79 Å². The molecule has 0 aromatic heterocycles. The zero-order valence-corrected chi connectivity index (χ0v) is 12.4. The lowest BCUT2D eigenvalue weighted by Crippen LogP contribution is -2.52. The SMILES string of the molecule is COc1cc(N2CCN(C3CCC3)CC2)ccc1C(=O)O. The minimum atomic E-state index is -0.951. The number of anilines is 1. The van der Waals surface area contributed by atoms with E-state index in [-0.39, 0.29) is 5.56 Å². The topological polar surface area (TPSA) is 53.0 Å². The number of hydrogen-bond donors (Lipinski definition) is 1. The summed E-state index contributed by atoms with van der Waals surface area (Å²) in [6.07, 6.45) is 4.07. The summed E-state index contributed by atoms with van der Waals surface area (Å²) in [4.78, 5) is 16.0. The third kappa shape index (κ3) is 2.83. The number of rotatable bonds is 4. The molecule has 0 spiro atoms. The molecule has 1 aromatic rings. The number of benzene rings is 1. The Labute approximate surface area is 125 Å². The highest BCUT2D eigenvalue weighted by molar-refractivity contribution is 5.91. The van der Waals surface area contributed by atoms with Crippen molar-refractivity contribution in [1.29, 1.82) is 0 Å². The molecule has 1 heterocycles. The van der Waals surface area contributed by atoms with Crippen molar-refractivity contribution in [3.63, 3.8) is 0 Å². The van der Waals surface area contributed by atoms with Gasteiger partial charge in [-0.05, 0) is 25.0 Å². The Balaban J connectivity index is 1.68. The molecular formula is C16H22N2O3. The minimum absolute atomic E-state index is 0.217. The first-order valence-corrected chi connectivity index (χ1v) is 7.59. The second-order valence-corrected chi connectivity index (χ2v) is 5.80. The van der Waals surface area contributed by atoms with Crippen LogP contribution in [0.4, 0.5) is 5.69 Å². The van der Waals surface area contributed by atoms with E-state index in [1.807, 2.05) is 12.1 Å². The predicted octanol–water partition coefficient (Wildman–Crippen LogP) is 2.07. The van der Waals surface area contributed by atoms with Gasteiger partial charge in [0.15, 0.2) is 0 Å². The Kier molecular flexibility index (Phi) is 4.01. The van der Waals surface area contributed by atoms with Crippen LogP contribution in [-0.2, 0) is 0 Å². The average molecular weight is 290 g/mol. The molecule has 1 N–H and O–H groups in total. The lowest BCUT2D eigenvalue weighted by Gasteiger charge is -2.43. The molecule has 0 atom stereocenters. The molecule has 0 bridgehead atoms. The lowest BCUT2D eigenvalue weighted by atomic mass is 9.91. The van der Waals surface area contributed by atoms with Gasteiger partial charge in [0.1, 0.15) is 11.3 Å². The van der Waals surface area contributed by atoms with Crippen LogP contribution in [0.1, 0.15) is 29.6 Å². The molecular weight excluding hydrogens is 268 g/mol. The second-order valence-electron chi connectivity index (χ2n) is 5.80. The van der Waals surface area contributed by atoms with E-state index in [1.54, 1.807) is 6.07 Å². The number of aromatic carboxylic acids is 1. The van der Waals surface area contributed by atoms with Crippen molar-refractivity contribution >= 4 is 11.7 Å². The number of carboxylic acid groups (broad SMARTS) is 1. The Morgan fingerprint density at radius 3 is 2.48 bits per heavy atom. The Hall–Kier alpha value is -1.75. The number of hydrogen-bond acceptors (Lipinski definition) is 4. The standard InChI is InChI=1S/C16H22N2O3/c1-21-15-11-13(5-6-14(15)16(19)20)18-9-7-17(8-10-18)12-3-2-4-12/h5-6,11-12H,2-4,7-10H2,1H3,(H,19,20). The quantitative estimate of drug-likeness (QED) is 0.920. The summed E-state index contributed by atoms with van der Waals surface area (Å²) in [5.41, 5.74) is 1.26. The monoisotopic (exact) mass is 290 g/mol. The van der Waals surface area contributed by atoms with Crippen LogP contribution in [0.15, 0.2) is 18.2 Å². The van der Waals surface area contributed by atoms with Crippen molar-refractivity contribution in [2.75, 3.05) is 38.2 Å². The second kappa shape index (κ2) is 5.93. The molecule has 2 aliphatic rings. The molecule has 1 aromatic carbocycles. The number of carbonyl (C=O) groups is 1. The van der Waals surface area contributed by atoms with Crippen molar-refractivity contribution < 1.29 is 14.6 Å². The predicted molar refractivity (Wildman–Crippen MR) is 81.4 cm³/mol. The van der Waals surface area contributed by atoms with Gasteiger partial charge in [-0.1, -0.05) is 6.42 Å². The average Bonchev–Trinajstić information content (AvgIpc) is 2.45. The van der Waals surface area contributed by atoms with Gasteiger partial charge >= 0.3 is 5.97 Å². The van der Waals surface area contributed by atoms with E-state index in [9.17, 15) is 4.79 Å². The van der Waals surface area contributed by atoms with Gasteiger partial charge in [-0.3, -0.25) is 4.90 Å². The van der Waals surface area contributed by atoms with E-state index < -0.39 is 5.97 Å². The molecule has 0 unspecified atom stereocenters. The maximum atomic E-state index is 11.1. The van der Waals surface area contributed by atoms with E-state index in [1.165, 1.54) is 26.4 Å². The molecule has 0 radical (unpaired) electrons. The number of nitrogens with zero attached hydrogens (tertiary/aromatic N) is 2. The van der Waals surface area contributed by atoms with E-state index in [2.05, 4.69) is 9.80 Å². The van der Waals surface area contributed by atoms with E-state index in [0.717, 1.165) is 37.9 Å². The zero-order valence-electron chi connectivity index (χ0n) is 12.4. The van der Waals surface area contributed by atoms with Gasteiger partial charge in [0.25, 0.3) is 0 Å². The van der Waals surface area contributed by atoms with Crippen molar-refractivity contribution in [3.8, 4) is 5.75 Å². The molecule has 21 heavy (non-hydrogen) atoms. The molecule has 114 valence electrons. The van der Waals surface area contributed by atoms with Gasteiger partial charge in [0.2, 0.25) is 0 Å². The van der Waals surface area contributed by atoms with Crippen LogP contribution < -0.4 is 9.64 Å².